The monoisotopic (exact) mass is 362 g/mol. The fraction of sp³-hybridized carbons (Fsp3) is 0.200. The van der Waals surface area contributed by atoms with Crippen LogP contribution in [-0.4, -0.2) is 36.4 Å². The Hall–Kier alpha value is -2.75. The highest BCUT2D eigenvalue weighted by Gasteiger charge is 2.17. The van der Waals surface area contributed by atoms with Crippen LogP contribution in [0.2, 0.25) is 0 Å². The van der Waals surface area contributed by atoms with Gasteiger partial charge in [0.25, 0.3) is 6.43 Å². The lowest BCUT2D eigenvalue weighted by atomic mass is 10.3. The van der Waals surface area contributed by atoms with E-state index in [0.29, 0.717) is 16.8 Å². The highest BCUT2D eigenvalue weighted by Crippen LogP contribution is 2.28. The van der Waals surface area contributed by atoms with Crippen molar-refractivity contribution in [3.8, 4) is 5.75 Å². The summed E-state index contributed by atoms with van der Waals surface area (Å²) >= 11 is 1.23. The molecule has 0 saturated carbocycles. The summed E-state index contributed by atoms with van der Waals surface area (Å²) in [5.41, 5.74) is 1.88. The number of hydrogen-bond donors (Lipinski definition) is 1. The topological polar surface area (TPSA) is 81.0 Å². The first-order valence-electron chi connectivity index (χ1n) is 7.45. The van der Waals surface area contributed by atoms with E-state index in [-0.39, 0.29) is 5.65 Å². The first kappa shape index (κ1) is 15.8. The number of hydrogen-bond acceptors (Lipinski definition) is 6. The van der Waals surface area contributed by atoms with Gasteiger partial charge in [0.15, 0.2) is 10.8 Å². The Morgan fingerprint density at radius 1 is 1.24 bits per heavy atom. The molecule has 0 radical (unpaired) electrons. The standard InChI is InChI=1S/C15H12F2N6OS/c1-2-24-8-3-4-9-10(7-8)19-15(18-9)25-12-6-5-11-20-21-14(13(16)17)23(11)22-12/h3-7,13H,2H2,1H3,(H,18,19). The Morgan fingerprint density at radius 2 is 2.12 bits per heavy atom. The maximum absolute atomic E-state index is 12.9. The maximum atomic E-state index is 12.9. The third-order valence-corrected chi connectivity index (χ3v) is 4.22. The summed E-state index contributed by atoms with van der Waals surface area (Å²) in [6, 6.07) is 8.83. The SMILES string of the molecule is CCOc1ccc2nc(Sc3ccc4nnc(C(F)F)n4n3)[nH]c2c1. The van der Waals surface area contributed by atoms with Gasteiger partial charge >= 0.3 is 0 Å². The van der Waals surface area contributed by atoms with Crippen molar-refractivity contribution < 1.29 is 13.5 Å². The van der Waals surface area contributed by atoms with Crippen LogP contribution in [0.15, 0.2) is 40.5 Å². The van der Waals surface area contributed by atoms with Crippen LogP contribution in [0.4, 0.5) is 8.78 Å². The van der Waals surface area contributed by atoms with Crippen LogP contribution in [-0.2, 0) is 0 Å². The highest BCUT2D eigenvalue weighted by molar-refractivity contribution is 7.99. The molecule has 10 heteroatoms. The van der Waals surface area contributed by atoms with Crippen molar-refractivity contribution in [2.75, 3.05) is 6.61 Å². The van der Waals surface area contributed by atoms with Gasteiger partial charge in [-0.2, -0.15) is 9.61 Å². The number of nitrogens with one attached hydrogen (secondary N) is 1. The number of benzene rings is 1. The van der Waals surface area contributed by atoms with Crippen molar-refractivity contribution in [3.05, 3.63) is 36.2 Å². The van der Waals surface area contributed by atoms with Crippen LogP contribution in [0.5, 0.6) is 5.75 Å². The molecule has 0 aliphatic heterocycles. The molecule has 0 atom stereocenters. The number of alkyl halides is 2. The summed E-state index contributed by atoms with van der Waals surface area (Å²) in [5, 5.41) is 12.4. The van der Waals surface area contributed by atoms with Gasteiger partial charge in [0, 0.05) is 6.07 Å². The number of imidazole rings is 1. The van der Waals surface area contributed by atoms with E-state index >= 15 is 0 Å². The van der Waals surface area contributed by atoms with E-state index in [1.807, 2.05) is 25.1 Å². The Morgan fingerprint density at radius 3 is 2.92 bits per heavy atom. The average molecular weight is 362 g/mol. The van der Waals surface area contributed by atoms with Crippen molar-refractivity contribution >= 4 is 28.4 Å². The minimum Gasteiger partial charge on any atom is -0.494 e. The van der Waals surface area contributed by atoms with Gasteiger partial charge in [-0.1, -0.05) is 0 Å². The Labute approximate surface area is 144 Å². The van der Waals surface area contributed by atoms with Crippen LogP contribution >= 0.6 is 11.8 Å². The molecule has 25 heavy (non-hydrogen) atoms. The number of halogens is 2. The van der Waals surface area contributed by atoms with Gasteiger partial charge < -0.3 is 9.72 Å². The van der Waals surface area contributed by atoms with Gasteiger partial charge in [-0.05, 0) is 43.0 Å². The van der Waals surface area contributed by atoms with E-state index in [1.165, 1.54) is 11.8 Å². The molecule has 7 nitrogen and oxygen atoms in total. The second-order valence-electron chi connectivity index (χ2n) is 5.06. The largest absolute Gasteiger partial charge is 0.494 e. The summed E-state index contributed by atoms with van der Waals surface area (Å²) in [5.74, 6) is 0.268. The van der Waals surface area contributed by atoms with Gasteiger partial charge in [0.1, 0.15) is 10.8 Å². The fourth-order valence-corrected chi connectivity index (χ4v) is 3.11. The third-order valence-electron chi connectivity index (χ3n) is 3.40. The van der Waals surface area contributed by atoms with Crippen molar-refractivity contribution in [2.45, 2.75) is 23.5 Å². The van der Waals surface area contributed by atoms with E-state index in [9.17, 15) is 8.78 Å². The summed E-state index contributed by atoms with van der Waals surface area (Å²) in [6.45, 7) is 2.50. The number of aromatic nitrogens is 6. The summed E-state index contributed by atoms with van der Waals surface area (Å²) in [4.78, 5) is 7.62. The minimum atomic E-state index is -2.74. The first-order valence-corrected chi connectivity index (χ1v) is 8.26. The second kappa shape index (κ2) is 6.28. The number of rotatable bonds is 5. The van der Waals surface area contributed by atoms with Crippen LogP contribution in [0, 0.1) is 0 Å². The van der Waals surface area contributed by atoms with E-state index in [1.54, 1.807) is 12.1 Å². The molecule has 0 fully saturated rings. The van der Waals surface area contributed by atoms with Crippen LogP contribution in [0.3, 0.4) is 0 Å². The third kappa shape index (κ3) is 3.00. The number of ether oxygens (including phenoxy) is 1. The Bertz CT molecular complexity index is 1050. The fourth-order valence-electron chi connectivity index (χ4n) is 2.35. The normalized spacial score (nSPS) is 11.7. The molecule has 0 aliphatic rings. The lowest BCUT2D eigenvalue weighted by Crippen LogP contribution is -2.00. The Balaban J connectivity index is 1.66. The molecule has 128 valence electrons. The molecule has 0 bridgehead atoms. The first-order chi connectivity index (χ1) is 12.1. The molecule has 4 aromatic rings. The van der Waals surface area contributed by atoms with E-state index < -0.39 is 12.2 Å². The second-order valence-corrected chi connectivity index (χ2v) is 6.07. The molecule has 0 spiro atoms. The highest BCUT2D eigenvalue weighted by atomic mass is 32.2. The molecular weight excluding hydrogens is 350 g/mol. The molecule has 0 aliphatic carbocycles. The molecule has 0 saturated heterocycles. The van der Waals surface area contributed by atoms with Crippen LogP contribution in [0.1, 0.15) is 19.2 Å². The van der Waals surface area contributed by atoms with E-state index in [0.717, 1.165) is 21.3 Å². The molecule has 4 rings (SSSR count). The smallest absolute Gasteiger partial charge is 0.299 e. The van der Waals surface area contributed by atoms with Crippen LogP contribution < -0.4 is 4.74 Å². The molecule has 3 aromatic heterocycles. The zero-order chi connectivity index (χ0) is 17.4. The molecule has 0 unspecified atom stereocenters. The lowest BCUT2D eigenvalue weighted by molar-refractivity contribution is 0.137. The molecule has 1 aromatic carbocycles. The molecule has 3 heterocycles. The molecule has 0 amide bonds. The van der Waals surface area contributed by atoms with Gasteiger partial charge in [-0.3, -0.25) is 0 Å². The quantitative estimate of drug-likeness (QED) is 0.585. The maximum Gasteiger partial charge on any atom is 0.299 e. The zero-order valence-electron chi connectivity index (χ0n) is 13.0. The predicted molar refractivity (Wildman–Crippen MR) is 87.1 cm³/mol. The number of fused-ring (bicyclic) bond motifs is 2. The lowest BCUT2D eigenvalue weighted by Gasteiger charge is -2.01. The van der Waals surface area contributed by atoms with Crippen molar-refractivity contribution in [2.24, 2.45) is 0 Å². The van der Waals surface area contributed by atoms with Gasteiger partial charge in [-0.25, -0.2) is 13.8 Å². The van der Waals surface area contributed by atoms with Gasteiger partial charge in [0.05, 0.1) is 17.6 Å². The predicted octanol–water partition coefficient (Wildman–Crippen LogP) is 3.49. The van der Waals surface area contributed by atoms with Crippen molar-refractivity contribution in [1.29, 1.82) is 0 Å². The summed E-state index contributed by atoms with van der Waals surface area (Å²) < 4.78 is 32.4. The average Bonchev–Trinajstić information content (AvgIpc) is 3.17. The number of nitrogens with zero attached hydrogens (tertiary/aromatic N) is 5. The van der Waals surface area contributed by atoms with Crippen molar-refractivity contribution in [3.63, 3.8) is 0 Å². The van der Waals surface area contributed by atoms with Crippen molar-refractivity contribution in [1.82, 2.24) is 29.8 Å². The number of aromatic amines is 1. The summed E-state index contributed by atoms with van der Waals surface area (Å²) in [6.07, 6.45) is -2.74. The van der Waals surface area contributed by atoms with E-state index in [2.05, 4.69) is 25.3 Å². The number of H-pyrrole nitrogens is 1. The van der Waals surface area contributed by atoms with Gasteiger partial charge in [0.2, 0.25) is 5.82 Å². The van der Waals surface area contributed by atoms with E-state index in [4.69, 9.17) is 4.74 Å². The Kier molecular flexibility index (Phi) is 3.96. The van der Waals surface area contributed by atoms with Gasteiger partial charge in [-0.15, -0.1) is 10.2 Å². The molecular formula is C15H12F2N6OS. The zero-order valence-corrected chi connectivity index (χ0v) is 13.8. The minimum absolute atomic E-state index is 0.269. The van der Waals surface area contributed by atoms with Crippen LogP contribution in [0.25, 0.3) is 16.7 Å². The molecule has 1 N–H and O–H groups in total. The summed E-state index contributed by atoms with van der Waals surface area (Å²) in [7, 11) is 0.